The number of pyridine rings is 1. The predicted molar refractivity (Wildman–Crippen MR) is 63.4 cm³/mol. The fourth-order valence-corrected chi connectivity index (χ4v) is 1.97. The monoisotopic (exact) mass is 239 g/mol. The number of aromatic nitrogens is 2. The Morgan fingerprint density at radius 3 is 2.80 bits per heavy atom. The van der Waals surface area contributed by atoms with Crippen LogP contribution in [-0.2, 0) is 6.54 Å². The van der Waals surface area contributed by atoms with E-state index in [1.165, 1.54) is 4.88 Å². The maximum absolute atomic E-state index is 5.73. The average molecular weight is 240 g/mol. The summed E-state index contributed by atoms with van der Waals surface area (Å²) in [4.78, 5) is 9.60. The van der Waals surface area contributed by atoms with E-state index in [0.717, 1.165) is 10.8 Å². The molecule has 0 amide bonds. The number of anilines is 1. The summed E-state index contributed by atoms with van der Waals surface area (Å²) in [7, 11) is 0. The van der Waals surface area contributed by atoms with Crippen molar-refractivity contribution < 1.29 is 0 Å². The van der Waals surface area contributed by atoms with Crippen molar-refractivity contribution >= 4 is 28.8 Å². The first-order chi connectivity index (χ1) is 7.24. The Balaban J connectivity index is 1.96. The molecule has 15 heavy (non-hydrogen) atoms. The van der Waals surface area contributed by atoms with Crippen molar-refractivity contribution in [3.63, 3.8) is 0 Å². The van der Waals surface area contributed by atoms with Crippen LogP contribution in [0.25, 0.3) is 0 Å². The van der Waals surface area contributed by atoms with Gasteiger partial charge >= 0.3 is 0 Å². The second kappa shape index (κ2) is 4.59. The largest absolute Gasteiger partial charge is 0.364 e. The molecule has 0 saturated heterocycles. The first kappa shape index (κ1) is 10.4. The number of aryl methyl sites for hydroxylation is 1. The lowest BCUT2D eigenvalue weighted by Crippen LogP contribution is -2.00. The summed E-state index contributed by atoms with van der Waals surface area (Å²) in [6, 6.07) is 3.66. The molecule has 0 atom stereocenters. The highest BCUT2D eigenvalue weighted by Crippen LogP contribution is 2.14. The van der Waals surface area contributed by atoms with Crippen molar-refractivity contribution in [3.05, 3.63) is 39.4 Å². The second-order valence-electron chi connectivity index (χ2n) is 3.08. The zero-order chi connectivity index (χ0) is 10.7. The molecular formula is C10H10ClN3S. The molecule has 78 valence electrons. The Kier molecular flexibility index (Phi) is 3.18. The van der Waals surface area contributed by atoms with Crippen LogP contribution < -0.4 is 5.32 Å². The molecule has 0 spiro atoms. The third-order valence-electron chi connectivity index (χ3n) is 1.82. The normalized spacial score (nSPS) is 10.3. The summed E-state index contributed by atoms with van der Waals surface area (Å²) in [5.74, 6) is 0.812. The van der Waals surface area contributed by atoms with Crippen LogP contribution >= 0.6 is 22.9 Å². The molecule has 0 aromatic carbocycles. The van der Waals surface area contributed by atoms with Gasteiger partial charge in [-0.25, -0.2) is 9.97 Å². The van der Waals surface area contributed by atoms with Gasteiger partial charge in [0.25, 0.3) is 0 Å². The van der Waals surface area contributed by atoms with Gasteiger partial charge in [-0.2, -0.15) is 0 Å². The Labute approximate surface area is 97.2 Å². The van der Waals surface area contributed by atoms with Crippen LogP contribution in [0.3, 0.4) is 0 Å². The summed E-state index contributed by atoms with van der Waals surface area (Å²) in [6.45, 7) is 2.74. The van der Waals surface area contributed by atoms with Crippen LogP contribution in [0, 0.1) is 6.92 Å². The van der Waals surface area contributed by atoms with Gasteiger partial charge in [-0.05, 0) is 19.1 Å². The summed E-state index contributed by atoms with van der Waals surface area (Å²) in [5, 5.41) is 4.88. The van der Waals surface area contributed by atoms with E-state index in [1.54, 1.807) is 17.5 Å². The molecule has 0 saturated carbocycles. The number of nitrogens with one attached hydrogen (secondary N) is 1. The van der Waals surface area contributed by atoms with Crippen LogP contribution in [0.4, 0.5) is 5.82 Å². The Bertz CT molecular complexity index is 438. The Morgan fingerprint density at radius 2 is 2.20 bits per heavy atom. The number of rotatable bonds is 3. The van der Waals surface area contributed by atoms with E-state index in [2.05, 4.69) is 15.3 Å². The van der Waals surface area contributed by atoms with E-state index in [1.807, 2.05) is 25.3 Å². The van der Waals surface area contributed by atoms with Crippen LogP contribution in [0.5, 0.6) is 0 Å². The number of nitrogens with zero attached hydrogens (tertiary/aromatic N) is 2. The molecule has 0 fully saturated rings. The summed E-state index contributed by atoms with van der Waals surface area (Å²) in [5.41, 5.74) is 0. The molecule has 2 aromatic rings. The maximum atomic E-state index is 5.73. The van der Waals surface area contributed by atoms with Gasteiger partial charge in [-0.15, -0.1) is 11.3 Å². The number of halogens is 1. The minimum Gasteiger partial charge on any atom is -0.364 e. The SMILES string of the molecule is Cc1cnc(CNc2ccc(Cl)cn2)s1. The fraction of sp³-hybridized carbons (Fsp3) is 0.200. The average Bonchev–Trinajstić information content (AvgIpc) is 2.64. The van der Waals surface area contributed by atoms with Gasteiger partial charge in [0.05, 0.1) is 11.6 Å². The number of thiazole rings is 1. The van der Waals surface area contributed by atoms with Crippen LogP contribution in [0.1, 0.15) is 9.88 Å². The summed E-state index contributed by atoms with van der Waals surface area (Å²) < 4.78 is 0. The first-order valence-corrected chi connectivity index (χ1v) is 5.70. The van der Waals surface area contributed by atoms with Crippen molar-refractivity contribution in [2.24, 2.45) is 0 Å². The van der Waals surface area contributed by atoms with Crippen molar-refractivity contribution in [2.45, 2.75) is 13.5 Å². The van der Waals surface area contributed by atoms with Crippen molar-refractivity contribution in [2.75, 3.05) is 5.32 Å². The van der Waals surface area contributed by atoms with Crippen LogP contribution in [0.15, 0.2) is 24.5 Å². The molecule has 0 aliphatic rings. The first-order valence-electron chi connectivity index (χ1n) is 4.51. The molecule has 0 aliphatic carbocycles. The smallest absolute Gasteiger partial charge is 0.126 e. The quantitative estimate of drug-likeness (QED) is 0.895. The highest BCUT2D eigenvalue weighted by atomic mass is 35.5. The molecule has 0 radical (unpaired) electrons. The van der Waals surface area contributed by atoms with E-state index in [9.17, 15) is 0 Å². The second-order valence-corrected chi connectivity index (χ2v) is 4.84. The third-order valence-corrected chi connectivity index (χ3v) is 2.95. The van der Waals surface area contributed by atoms with Gasteiger partial charge in [-0.1, -0.05) is 11.6 Å². The molecule has 0 unspecified atom stereocenters. The molecule has 3 nitrogen and oxygen atoms in total. The van der Waals surface area contributed by atoms with E-state index in [4.69, 9.17) is 11.6 Å². The van der Waals surface area contributed by atoms with Crippen molar-refractivity contribution in [1.82, 2.24) is 9.97 Å². The number of hydrogen-bond donors (Lipinski definition) is 1. The highest BCUT2D eigenvalue weighted by Gasteiger charge is 1.99. The van der Waals surface area contributed by atoms with Crippen LogP contribution in [0.2, 0.25) is 5.02 Å². The van der Waals surface area contributed by atoms with E-state index >= 15 is 0 Å². The molecule has 2 heterocycles. The van der Waals surface area contributed by atoms with E-state index < -0.39 is 0 Å². The fourth-order valence-electron chi connectivity index (χ4n) is 1.13. The zero-order valence-electron chi connectivity index (χ0n) is 8.20. The van der Waals surface area contributed by atoms with Crippen molar-refractivity contribution in [1.29, 1.82) is 0 Å². The molecule has 1 N–H and O–H groups in total. The lowest BCUT2D eigenvalue weighted by atomic mass is 10.4. The molecule has 0 bridgehead atoms. The molecule has 0 aliphatic heterocycles. The standard InChI is InChI=1S/C10H10ClN3S/c1-7-4-14-10(15-7)6-13-9-3-2-8(11)5-12-9/h2-5H,6H2,1H3,(H,12,13). The van der Waals surface area contributed by atoms with E-state index in [0.29, 0.717) is 11.6 Å². The minimum absolute atomic E-state index is 0.644. The van der Waals surface area contributed by atoms with Gasteiger partial charge in [-0.3, -0.25) is 0 Å². The predicted octanol–water partition coefficient (Wildman–Crippen LogP) is 3.11. The summed E-state index contributed by atoms with van der Waals surface area (Å²) >= 11 is 7.41. The van der Waals surface area contributed by atoms with Gasteiger partial charge in [0, 0.05) is 17.3 Å². The van der Waals surface area contributed by atoms with Crippen LogP contribution in [-0.4, -0.2) is 9.97 Å². The zero-order valence-corrected chi connectivity index (χ0v) is 9.77. The maximum Gasteiger partial charge on any atom is 0.126 e. The lowest BCUT2D eigenvalue weighted by Gasteiger charge is -2.02. The highest BCUT2D eigenvalue weighted by molar-refractivity contribution is 7.11. The molecule has 2 rings (SSSR count). The Hall–Kier alpha value is -1.13. The molecule has 2 aromatic heterocycles. The van der Waals surface area contributed by atoms with Gasteiger partial charge in [0.15, 0.2) is 0 Å². The number of hydrogen-bond acceptors (Lipinski definition) is 4. The third kappa shape index (κ3) is 2.91. The van der Waals surface area contributed by atoms with Crippen molar-refractivity contribution in [3.8, 4) is 0 Å². The van der Waals surface area contributed by atoms with E-state index in [-0.39, 0.29) is 0 Å². The Morgan fingerprint density at radius 1 is 1.33 bits per heavy atom. The topological polar surface area (TPSA) is 37.8 Å². The minimum atomic E-state index is 0.644. The molecular weight excluding hydrogens is 230 g/mol. The van der Waals surface area contributed by atoms with Gasteiger partial charge in [0.2, 0.25) is 0 Å². The summed E-state index contributed by atoms with van der Waals surface area (Å²) in [6.07, 6.45) is 3.49. The lowest BCUT2D eigenvalue weighted by molar-refractivity contribution is 1.08. The molecule has 5 heteroatoms. The van der Waals surface area contributed by atoms with Gasteiger partial charge < -0.3 is 5.32 Å². The van der Waals surface area contributed by atoms with Gasteiger partial charge in [0.1, 0.15) is 10.8 Å².